The molecule has 8 nitrogen and oxygen atoms in total. The van der Waals surface area contributed by atoms with E-state index < -0.39 is 17.7 Å². The highest BCUT2D eigenvalue weighted by Crippen LogP contribution is 2.41. The molecule has 8 heteroatoms. The maximum Gasteiger partial charge on any atom is 0.295 e. The van der Waals surface area contributed by atoms with Crippen LogP contribution in [-0.4, -0.2) is 79.7 Å². The van der Waals surface area contributed by atoms with Crippen molar-refractivity contribution in [3.05, 3.63) is 65.2 Å². The first-order valence-corrected chi connectivity index (χ1v) is 12.0. The Bertz CT molecular complexity index is 1080. The van der Waals surface area contributed by atoms with E-state index in [2.05, 4.69) is 4.90 Å². The smallest absolute Gasteiger partial charge is 0.295 e. The first kappa shape index (κ1) is 24.8. The Balaban J connectivity index is 1.69. The molecule has 1 N–H and O–H groups in total. The van der Waals surface area contributed by atoms with Crippen LogP contribution in [0.2, 0.25) is 0 Å². The van der Waals surface area contributed by atoms with Gasteiger partial charge in [-0.25, -0.2) is 0 Å². The summed E-state index contributed by atoms with van der Waals surface area (Å²) in [6.45, 7) is 6.75. The Hall–Kier alpha value is -3.36. The lowest BCUT2D eigenvalue weighted by Crippen LogP contribution is -2.38. The van der Waals surface area contributed by atoms with Gasteiger partial charge in [0.05, 0.1) is 44.1 Å². The number of aliphatic hydroxyl groups excluding tert-OH is 1. The molecule has 0 saturated carbocycles. The number of likely N-dealkylation sites (tertiary alicyclic amines) is 1. The molecule has 2 saturated heterocycles. The van der Waals surface area contributed by atoms with E-state index >= 15 is 0 Å². The minimum atomic E-state index is -0.708. The Kier molecular flexibility index (Phi) is 8.05. The van der Waals surface area contributed by atoms with Gasteiger partial charge in [-0.2, -0.15) is 0 Å². The molecular weight excluding hydrogens is 448 g/mol. The molecule has 0 aromatic heterocycles. The zero-order valence-corrected chi connectivity index (χ0v) is 20.2. The van der Waals surface area contributed by atoms with Crippen LogP contribution in [-0.2, 0) is 14.3 Å². The van der Waals surface area contributed by atoms with Crippen LogP contribution >= 0.6 is 0 Å². The van der Waals surface area contributed by atoms with Crippen LogP contribution < -0.4 is 9.47 Å². The topological polar surface area (TPSA) is 88.5 Å². The molecule has 1 unspecified atom stereocenters. The molecule has 1 atom stereocenters. The fourth-order valence-electron chi connectivity index (χ4n) is 4.64. The molecule has 2 aliphatic rings. The average molecular weight is 481 g/mol. The van der Waals surface area contributed by atoms with Crippen LogP contribution in [0.1, 0.15) is 30.5 Å². The number of ether oxygens (including phenoxy) is 3. The Labute approximate surface area is 205 Å². The fraction of sp³-hybridized carbons (Fsp3) is 0.407. The van der Waals surface area contributed by atoms with E-state index in [0.29, 0.717) is 49.8 Å². The van der Waals surface area contributed by atoms with Crippen LogP contribution in [0.5, 0.6) is 11.5 Å². The number of carbonyl (C=O) groups excluding carboxylic acids is 2. The van der Waals surface area contributed by atoms with Gasteiger partial charge < -0.3 is 24.2 Å². The number of rotatable bonds is 9. The number of hydrogen-bond donors (Lipinski definition) is 1. The predicted octanol–water partition coefficient (Wildman–Crippen LogP) is 3.24. The Morgan fingerprint density at radius 3 is 2.46 bits per heavy atom. The lowest BCUT2D eigenvalue weighted by atomic mass is 9.95. The second-order valence-electron chi connectivity index (χ2n) is 8.50. The Morgan fingerprint density at radius 1 is 1.06 bits per heavy atom. The van der Waals surface area contributed by atoms with Gasteiger partial charge in [-0.15, -0.1) is 0 Å². The molecule has 186 valence electrons. The minimum absolute atomic E-state index is 0.0648. The summed E-state index contributed by atoms with van der Waals surface area (Å²) in [6, 6.07) is 13.5. The SMILES string of the molecule is CCOc1ccc(C2/C(=C(\O)c3ccccc3OC)C(=O)C(=O)N2CCCN2CCOCC2)cc1. The normalized spacial score (nSPS) is 20.3. The van der Waals surface area contributed by atoms with E-state index in [1.807, 2.05) is 31.2 Å². The third-order valence-corrected chi connectivity index (χ3v) is 6.39. The standard InChI is InChI=1S/C27H32N2O6/c1-3-35-20-11-9-19(10-12-20)24-23(25(30)21-7-4-5-8-22(21)33-2)26(31)27(32)29(24)14-6-13-28-15-17-34-18-16-28/h4-5,7-12,24,30H,3,6,13-18H2,1-2H3/b25-23+. The van der Waals surface area contributed by atoms with Crippen LogP contribution in [0.3, 0.4) is 0 Å². The number of carbonyl (C=O) groups is 2. The van der Waals surface area contributed by atoms with Crippen LogP contribution in [0.25, 0.3) is 5.76 Å². The summed E-state index contributed by atoms with van der Waals surface area (Å²) >= 11 is 0. The molecule has 4 rings (SSSR count). The summed E-state index contributed by atoms with van der Waals surface area (Å²) < 4.78 is 16.4. The molecule has 0 radical (unpaired) electrons. The van der Waals surface area contributed by atoms with Gasteiger partial charge in [-0.05, 0) is 43.2 Å². The maximum atomic E-state index is 13.2. The molecule has 0 aliphatic carbocycles. The van der Waals surface area contributed by atoms with Crippen molar-refractivity contribution >= 4 is 17.4 Å². The monoisotopic (exact) mass is 480 g/mol. The van der Waals surface area contributed by atoms with Crippen LogP contribution in [0, 0.1) is 0 Å². The number of ketones is 1. The number of nitrogens with zero attached hydrogens (tertiary/aromatic N) is 2. The summed E-state index contributed by atoms with van der Waals surface area (Å²) in [6.07, 6.45) is 0.704. The number of benzene rings is 2. The summed E-state index contributed by atoms with van der Waals surface area (Å²) in [5, 5.41) is 11.3. The number of aliphatic hydroxyl groups is 1. The van der Waals surface area contributed by atoms with Gasteiger partial charge in [-0.3, -0.25) is 14.5 Å². The molecule has 2 fully saturated rings. The second-order valence-corrected chi connectivity index (χ2v) is 8.50. The molecule has 2 aromatic carbocycles. The summed E-state index contributed by atoms with van der Waals surface area (Å²) in [7, 11) is 1.50. The number of Topliss-reactive ketones (excluding diaryl/α,β-unsaturated/α-hetero) is 1. The number of morpholine rings is 1. The van der Waals surface area contributed by atoms with E-state index in [9.17, 15) is 14.7 Å². The summed E-state index contributed by atoms with van der Waals surface area (Å²) in [5.74, 6) is -0.421. The predicted molar refractivity (Wildman–Crippen MR) is 131 cm³/mol. The Morgan fingerprint density at radius 2 is 1.77 bits per heavy atom. The fourth-order valence-corrected chi connectivity index (χ4v) is 4.64. The molecule has 35 heavy (non-hydrogen) atoms. The van der Waals surface area contributed by atoms with Gasteiger partial charge in [0.15, 0.2) is 0 Å². The highest BCUT2D eigenvalue weighted by molar-refractivity contribution is 6.46. The third-order valence-electron chi connectivity index (χ3n) is 6.39. The van der Waals surface area contributed by atoms with Crippen LogP contribution in [0.4, 0.5) is 0 Å². The summed E-state index contributed by atoms with van der Waals surface area (Å²) in [5.41, 5.74) is 1.17. The van der Waals surface area contributed by atoms with Gasteiger partial charge in [0.2, 0.25) is 0 Å². The van der Waals surface area contributed by atoms with Crippen molar-refractivity contribution < 1.29 is 28.9 Å². The number of methoxy groups -OCH3 is 1. The van der Waals surface area contributed by atoms with Crippen molar-refractivity contribution in [2.24, 2.45) is 0 Å². The van der Waals surface area contributed by atoms with E-state index in [-0.39, 0.29) is 11.3 Å². The third kappa shape index (κ3) is 5.33. The molecule has 0 spiro atoms. The van der Waals surface area contributed by atoms with Gasteiger partial charge in [0.25, 0.3) is 11.7 Å². The van der Waals surface area contributed by atoms with E-state index in [0.717, 1.165) is 25.2 Å². The van der Waals surface area contributed by atoms with Gasteiger partial charge in [0.1, 0.15) is 17.3 Å². The van der Waals surface area contributed by atoms with Crippen molar-refractivity contribution in [2.45, 2.75) is 19.4 Å². The van der Waals surface area contributed by atoms with E-state index in [1.54, 1.807) is 29.2 Å². The number of amides is 1. The molecule has 2 heterocycles. The molecule has 1 amide bonds. The number of hydrogen-bond acceptors (Lipinski definition) is 7. The first-order valence-electron chi connectivity index (χ1n) is 12.0. The van der Waals surface area contributed by atoms with Crippen molar-refractivity contribution in [1.82, 2.24) is 9.80 Å². The van der Waals surface area contributed by atoms with Gasteiger partial charge >= 0.3 is 0 Å². The molecule has 0 bridgehead atoms. The zero-order valence-electron chi connectivity index (χ0n) is 20.2. The van der Waals surface area contributed by atoms with Crippen molar-refractivity contribution in [2.75, 3.05) is 53.1 Å². The minimum Gasteiger partial charge on any atom is -0.507 e. The van der Waals surface area contributed by atoms with Gasteiger partial charge in [0, 0.05) is 26.2 Å². The quantitative estimate of drug-likeness (QED) is 0.335. The maximum absolute atomic E-state index is 13.2. The van der Waals surface area contributed by atoms with Gasteiger partial charge in [-0.1, -0.05) is 24.3 Å². The van der Waals surface area contributed by atoms with Crippen molar-refractivity contribution in [1.29, 1.82) is 0 Å². The highest BCUT2D eigenvalue weighted by atomic mass is 16.5. The average Bonchev–Trinajstić information content (AvgIpc) is 3.14. The van der Waals surface area contributed by atoms with Crippen molar-refractivity contribution in [3.8, 4) is 11.5 Å². The molecule has 2 aliphatic heterocycles. The summed E-state index contributed by atoms with van der Waals surface area (Å²) in [4.78, 5) is 30.3. The zero-order chi connectivity index (χ0) is 24.8. The number of para-hydroxylation sites is 1. The highest BCUT2D eigenvalue weighted by Gasteiger charge is 2.46. The second kappa shape index (κ2) is 11.4. The lowest BCUT2D eigenvalue weighted by Gasteiger charge is -2.29. The molecular formula is C27H32N2O6. The molecule has 2 aromatic rings. The lowest BCUT2D eigenvalue weighted by molar-refractivity contribution is -0.140. The first-order chi connectivity index (χ1) is 17.0. The van der Waals surface area contributed by atoms with E-state index in [4.69, 9.17) is 14.2 Å². The van der Waals surface area contributed by atoms with Crippen molar-refractivity contribution in [3.63, 3.8) is 0 Å². The van der Waals surface area contributed by atoms with Crippen LogP contribution in [0.15, 0.2) is 54.1 Å². The largest absolute Gasteiger partial charge is 0.507 e. The van der Waals surface area contributed by atoms with E-state index in [1.165, 1.54) is 7.11 Å².